The van der Waals surface area contributed by atoms with E-state index < -0.39 is 10.0 Å². The Bertz CT molecular complexity index is 954. The van der Waals surface area contributed by atoms with Gasteiger partial charge in [0.05, 0.1) is 18.5 Å². The lowest BCUT2D eigenvalue weighted by molar-refractivity contribution is 0.0946. The van der Waals surface area contributed by atoms with Crippen LogP contribution in [0.15, 0.2) is 48.5 Å². The van der Waals surface area contributed by atoms with E-state index in [1.165, 1.54) is 29.0 Å². The molecule has 0 spiro atoms. The highest BCUT2D eigenvalue weighted by atomic mass is 32.2. The molecule has 2 aromatic rings. The molecular formula is C27H40N2O3S. The van der Waals surface area contributed by atoms with Gasteiger partial charge in [-0.25, -0.2) is 8.42 Å². The largest absolute Gasteiger partial charge is 0.352 e. The molecule has 2 aromatic carbocycles. The summed E-state index contributed by atoms with van der Waals surface area (Å²) < 4.78 is 26.4. The van der Waals surface area contributed by atoms with Crippen LogP contribution in [0.1, 0.15) is 80.8 Å². The fraction of sp³-hybridized carbons (Fsp3) is 0.519. The molecule has 1 N–H and O–H groups in total. The van der Waals surface area contributed by atoms with Gasteiger partial charge in [0, 0.05) is 12.1 Å². The maximum atomic E-state index is 12.5. The van der Waals surface area contributed by atoms with Crippen molar-refractivity contribution < 1.29 is 13.2 Å². The highest BCUT2D eigenvalue weighted by Crippen LogP contribution is 2.22. The Morgan fingerprint density at radius 1 is 0.909 bits per heavy atom. The molecule has 0 saturated carbocycles. The van der Waals surface area contributed by atoms with Crippen LogP contribution in [0.2, 0.25) is 0 Å². The van der Waals surface area contributed by atoms with Crippen molar-refractivity contribution in [3.63, 3.8) is 0 Å². The lowest BCUT2D eigenvalue weighted by Gasteiger charge is -2.23. The molecule has 0 aliphatic rings. The van der Waals surface area contributed by atoms with Gasteiger partial charge in [-0.05, 0) is 60.6 Å². The number of benzene rings is 2. The summed E-state index contributed by atoms with van der Waals surface area (Å²) in [6, 6.07) is 14.9. The Kier molecular flexibility index (Phi) is 10.9. The average Bonchev–Trinajstić information content (AvgIpc) is 2.81. The van der Waals surface area contributed by atoms with Crippen molar-refractivity contribution in [2.75, 3.05) is 17.1 Å². The number of amides is 1. The number of carbonyl (C=O) groups is 1. The van der Waals surface area contributed by atoms with Crippen molar-refractivity contribution in [2.45, 2.75) is 72.3 Å². The summed E-state index contributed by atoms with van der Waals surface area (Å²) in [5.74, 6) is 0.420. The van der Waals surface area contributed by atoms with Gasteiger partial charge in [-0.3, -0.25) is 9.10 Å². The first kappa shape index (κ1) is 26.9. The quantitative estimate of drug-likeness (QED) is 0.370. The van der Waals surface area contributed by atoms with Gasteiger partial charge in [-0.2, -0.15) is 0 Å². The third-order valence-corrected chi connectivity index (χ3v) is 7.22. The Balaban J connectivity index is 2.05. The van der Waals surface area contributed by atoms with Crippen LogP contribution in [0.3, 0.4) is 0 Å². The molecule has 0 radical (unpaired) electrons. The Morgan fingerprint density at radius 2 is 1.52 bits per heavy atom. The molecule has 1 amide bonds. The topological polar surface area (TPSA) is 66.5 Å². The summed E-state index contributed by atoms with van der Waals surface area (Å²) in [5, 5.41) is 3.04. The average molecular weight is 473 g/mol. The smallest absolute Gasteiger partial charge is 0.251 e. The molecule has 0 fully saturated rings. The van der Waals surface area contributed by atoms with E-state index in [4.69, 9.17) is 0 Å². The maximum absolute atomic E-state index is 12.5. The van der Waals surface area contributed by atoms with E-state index in [0.29, 0.717) is 23.7 Å². The summed E-state index contributed by atoms with van der Waals surface area (Å²) in [6.45, 7) is 7.41. The number of nitrogens with zero attached hydrogens (tertiary/aromatic N) is 1. The maximum Gasteiger partial charge on any atom is 0.251 e. The number of unbranched alkanes of at least 4 members (excludes halogenated alkanes) is 2. The number of anilines is 1. The zero-order valence-electron chi connectivity index (χ0n) is 20.6. The van der Waals surface area contributed by atoms with Gasteiger partial charge < -0.3 is 5.32 Å². The predicted molar refractivity (Wildman–Crippen MR) is 138 cm³/mol. The molecule has 0 heterocycles. The third-order valence-electron chi connectivity index (χ3n) is 6.08. The summed E-state index contributed by atoms with van der Waals surface area (Å²) >= 11 is 0. The van der Waals surface area contributed by atoms with Crippen molar-refractivity contribution in [3.05, 3.63) is 65.2 Å². The molecule has 2 rings (SSSR count). The number of aryl methyl sites for hydroxylation is 1. The highest BCUT2D eigenvalue weighted by molar-refractivity contribution is 7.92. The predicted octanol–water partition coefficient (Wildman–Crippen LogP) is 5.94. The minimum absolute atomic E-state index is 0.0841. The van der Waals surface area contributed by atoms with Gasteiger partial charge in [0.2, 0.25) is 10.0 Å². The zero-order chi connectivity index (χ0) is 24.3. The number of rotatable bonds is 14. The van der Waals surface area contributed by atoms with E-state index >= 15 is 0 Å². The van der Waals surface area contributed by atoms with E-state index in [0.717, 1.165) is 37.7 Å². The Labute approximate surface area is 200 Å². The zero-order valence-corrected chi connectivity index (χ0v) is 21.5. The molecule has 33 heavy (non-hydrogen) atoms. The molecule has 1 unspecified atom stereocenters. The highest BCUT2D eigenvalue weighted by Gasteiger charge is 2.18. The number of hydrogen-bond donors (Lipinski definition) is 1. The van der Waals surface area contributed by atoms with Crippen molar-refractivity contribution in [2.24, 2.45) is 5.92 Å². The van der Waals surface area contributed by atoms with Gasteiger partial charge in [-0.15, -0.1) is 0 Å². The van der Waals surface area contributed by atoms with Crippen LogP contribution >= 0.6 is 0 Å². The summed E-state index contributed by atoms with van der Waals surface area (Å²) in [7, 11) is -3.45. The molecule has 6 heteroatoms. The second-order valence-electron chi connectivity index (χ2n) is 8.86. The van der Waals surface area contributed by atoms with E-state index in [1.807, 2.05) is 36.4 Å². The standard InChI is InChI=1S/C27H40N2O3S/c1-5-8-10-22(7-3)20-28-27(30)25-16-12-24(13-17-25)21-29(33(4,31)32)26-18-14-23(15-19-26)11-9-6-2/h12-19,22H,5-11,20-21H2,1-4H3,(H,28,30). The molecule has 0 aliphatic carbocycles. The van der Waals surface area contributed by atoms with Crippen molar-refractivity contribution in [1.29, 1.82) is 0 Å². The molecule has 1 atom stereocenters. The van der Waals surface area contributed by atoms with Crippen LogP contribution in [0, 0.1) is 5.92 Å². The van der Waals surface area contributed by atoms with Gasteiger partial charge in [-0.1, -0.05) is 70.7 Å². The fourth-order valence-electron chi connectivity index (χ4n) is 3.82. The van der Waals surface area contributed by atoms with Crippen molar-refractivity contribution in [1.82, 2.24) is 5.32 Å². The minimum Gasteiger partial charge on any atom is -0.352 e. The monoisotopic (exact) mass is 472 g/mol. The Morgan fingerprint density at radius 3 is 2.06 bits per heavy atom. The van der Waals surface area contributed by atoms with Gasteiger partial charge in [0.1, 0.15) is 0 Å². The molecule has 5 nitrogen and oxygen atoms in total. The van der Waals surface area contributed by atoms with Crippen LogP contribution in [0.5, 0.6) is 0 Å². The minimum atomic E-state index is -3.45. The molecule has 0 aliphatic heterocycles. The first-order valence-electron chi connectivity index (χ1n) is 12.2. The Hall–Kier alpha value is -2.34. The van der Waals surface area contributed by atoms with Crippen LogP contribution < -0.4 is 9.62 Å². The summed E-state index contributed by atoms with van der Waals surface area (Å²) in [6.07, 6.45) is 9.00. The first-order valence-corrected chi connectivity index (χ1v) is 14.1. The first-order chi connectivity index (χ1) is 15.8. The van der Waals surface area contributed by atoms with E-state index in [1.54, 1.807) is 12.1 Å². The van der Waals surface area contributed by atoms with E-state index in [9.17, 15) is 13.2 Å². The van der Waals surface area contributed by atoms with Gasteiger partial charge in [0.15, 0.2) is 0 Å². The lowest BCUT2D eigenvalue weighted by Crippen LogP contribution is -2.30. The van der Waals surface area contributed by atoms with Crippen molar-refractivity contribution >= 4 is 21.6 Å². The van der Waals surface area contributed by atoms with Gasteiger partial charge in [0.25, 0.3) is 5.91 Å². The van der Waals surface area contributed by atoms with Crippen LogP contribution in [-0.2, 0) is 23.0 Å². The van der Waals surface area contributed by atoms with Crippen LogP contribution in [-0.4, -0.2) is 27.1 Å². The number of carbonyl (C=O) groups excluding carboxylic acids is 1. The SMILES string of the molecule is CCCCc1ccc(N(Cc2ccc(C(=O)NCC(CC)CCCC)cc2)S(C)(=O)=O)cc1. The van der Waals surface area contributed by atoms with Crippen LogP contribution in [0.4, 0.5) is 5.69 Å². The summed E-state index contributed by atoms with van der Waals surface area (Å²) in [4.78, 5) is 12.5. The summed E-state index contributed by atoms with van der Waals surface area (Å²) in [5.41, 5.74) is 3.29. The fourth-order valence-corrected chi connectivity index (χ4v) is 4.71. The molecule has 0 bridgehead atoms. The molecule has 182 valence electrons. The molecule has 0 aromatic heterocycles. The number of nitrogens with one attached hydrogen (secondary N) is 1. The second kappa shape index (κ2) is 13.4. The van der Waals surface area contributed by atoms with E-state index in [-0.39, 0.29) is 12.5 Å². The second-order valence-corrected chi connectivity index (χ2v) is 10.8. The molecular weight excluding hydrogens is 432 g/mol. The number of sulfonamides is 1. The lowest BCUT2D eigenvalue weighted by atomic mass is 9.99. The van der Waals surface area contributed by atoms with E-state index in [2.05, 4.69) is 26.1 Å². The molecule has 0 saturated heterocycles. The van der Waals surface area contributed by atoms with Crippen molar-refractivity contribution in [3.8, 4) is 0 Å². The third kappa shape index (κ3) is 8.84. The number of hydrogen-bond acceptors (Lipinski definition) is 3. The van der Waals surface area contributed by atoms with Crippen LogP contribution in [0.25, 0.3) is 0 Å². The normalized spacial score (nSPS) is 12.4. The van der Waals surface area contributed by atoms with Gasteiger partial charge >= 0.3 is 0 Å².